The van der Waals surface area contributed by atoms with Crippen LogP contribution in [0, 0.1) is 0 Å². The monoisotopic (exact) mass is 460 g/mol. The van der Waals surface area contributed by atoms with E-state index in [0.717, 1.165) is 10.9 Å². The van der Waals surface area contributed by atoms with E-state index in [1.807, 2.05) is 54.2 Å². The van der Waals surface area contributed by atoms with E-state index in [0.29, 0.717) is 28.6 Å². The van der Waals surface area contributed by atoms with Crippen molar-refractivity contribution in [1.29, 1.82) is 0 Å². The van der Waals surface area contributed by atoms with Gasteiger partial charge in [0.15, 0.2) is 0 Å². The summed E-state index contributed by atoms with van der Waals surface area (Å²) in [5.41, 5.74) is 3.14. The molecule has 1 saturated heterocycles. The number of halogens is 2. The number of piperidine rings is 1. The molecule has 0 bridgehead atoms. The molecule has 2 aliphatic rings. The van der Waals surface area contributed by atoms with Crippen LogP contribution in [0.15, 0.2) is 60.9 Å². The first-order chi connectivity index (χ1) is 16.4. The molecule has 4 aromatic rings. The molecule has 0 spiro atoms. The molecule has 2 amide bonds. The van der Waals surface area contributed by atoms with Gasteiger partial charge >= 0.3 is 0 Å². The average Bonchev–Trinajstić information content (AvgIpc) is 3.44. The lowest BCUT2D eigenvalue weighted by Crippen LogP contribution is -2.46. The summed E-state index contributed by atoms with van der Waals surface area (Å²) in [7, 11) is 1.88. The predicted octanol–water partition coefficient (Wildman–Crippen LogP) is 3.87. The number of carbonyl (C=O) groups is 2. The molecule has 34 heavy (non-hydrogen) atoms. The van der Waals surface area contributed by atoms with Crippen LogP contribution in [0.1, 0.15) is 23.6 Å². The van der Waals surface area contributed by atoms with Gasteiger partial charge in [-0.15, -0.1) is 0 Å². The summed E-state index contributed by atoms with van der Waals surface area (Å²) >= 11 is 0. The molecule has 2 aliphatic heterocycles. The Balaban J connectivity index is 1.63. The molecule has 6 rings (SSSR count). The minimum absolute atomic E-state index is 0.216. The molecule has 4 heterocycles. The number of aromatic nitrogens is 2. The Bertz CT molecular complexity index is 1530. The van der Waals surface area contributed by atoms with Crippen LogP contribution < -0.4 is 10.6 Å². The number of hydrogen-bond donors (Lipinski definition) is 2. The van der Waals surface area contributed by atoms with E-state index in [-0.39, 0.29) is 17.6 Å². The van der Waals surface area contributed by atoms with E-state index in [9.17, 15) is 18.4 Å². The third kappa shape index (κ3) is 2.95. The van der Waals surface area contributed by atoms with Gasteiger partial charge in [-0.05, 0) is 25.1 Å². The zero-order chi connectivity index (χ0) is 23.6. The number of benzene rings is 2. The Morgan fingerprint density at radius 3 is 2.15 bits per heavy atom. The Hall–Kier alpha value is -3.78. The SMILES string of the molecule is Cn1cc(C2=C(c3cn(C4CCNCC4(F)F)c4ccccc34)C(=O)NC2=O)c2ccccc21. The number of carbonyl (C=O) groups excluding carboxylic acids is 2. The second-order valence-electron chi connectivity index (χ2n) is 8.91. The zero-order valence-corrected chi connectivity index (χ0v) is 18.4. The van der Waals surface area contributed by atoms with Gasteiger partial charge in [0.1, 0.15) is 0 Å². The quantitative estimate of drug-likeness (QED) is 0.456. The smallest absolute Gasteiger partial charge is 0.280 e. The number of nitrogens with one attached hydrogen (secondary N) is 2. The summed E-state index contributed by atoms with van der Waals surface area (Å²) < 4.78 is 33.3. The number of hydrogen-bond acceptors (Lipinski definition) is 3. The van der Waals surface area contributed by atoms with Gasteiger partial charge in [-0.3, -0.25) is 14.9 Å². The molecule has 0 radical (unpaired) electrons. The van der Waals surface area contributed by atoms with Crippen LogP contribution in [0.2, 0.25) is 0 Å². The van der Waals surface area contributed by atoms with Crippen LogP contribution in [0.3, 0.4) is 0 Å². The van der Waals surface area contributed by atoms with Crippen LogP contribution in [0.5, 0.6) is 0 Å². The number of fused-ring (bicyclic) bond motifs is 2. The van der Waals surface area contributed by atoms with Crippen molar-refractivity contribution in [2.24, 2.45) is 7.05 Å². The van der Waals surface area contributed by atoms with E-state index < -0.39 is 30.3 Å². The molecule has 8 heteroatoms. The molecule has 2 aromatic carbocycles. The molecule has 1 fully saturated rings. The number of imide groups is 1. The third-order valence-corrected chi connectivity index (χ3v) is 6.89. The summed E-state index contributed by atoms with van der Waals surface area (Å²) in [6.07, 6.45) is 3.71. The van der Waals surface area contributed by atoms with Crippen LogP contribution in [0.4, 0.5) is 8.78 Å². The third-order valence-electron chi connectivity index (χ3n) is 6.89. The zero-order valence-electron chi connectivity index (χ0n) is 18.4. The van der Waals surface area contributed by atoms with Crippen molar-refractivity contribution >= 4 is 44.8 Å². The summed E-state index contributed by atoms with van der Waals surface area (Å²) in [6.45, 7) is 0.0768. The van der Waals surface area contributed by atoms with Crippen molar-refractivity contribution in [1.82, 2.24) is 19.8 Å². The summed E-state index contributed by atoms with van der Waals surface area (Å²) in [4.78, 5) is 26.1. The Morgan fingerprint density at radius 1 is 0.882 bits per heavy atom. The maximum absolute atomic E-state index is 14.9. The van der Waals surface area contributed by atoms with Crippen molar-refractivity contribution in [3.8, 4) is 0 Å². The van der Waals surface area contributed by atoms with E-state index in [1.165, 1.54) is 0 Å². The van der Waals surface area contributed by atoms with Crippen molar-refractivity contribution in [3.05, 3.63) is 72.1 Å². The van der Waals surface area contributed by atoms with Gasteiger partial charge in [-0.25, -0.2) is 8.78 Å². The molecule has 2 aromatic heterocycles. The molecule has 1 atom stereocenters. The fourth-order valence-electron chi connectivity index (χ4n) is 5.34. The van der Waals surface area contributed by atoms with Gasteiger partial charge in [0.2, 0.25) is 0 Å². The highest BCUT2D eigenvalue weighted by Gasteiger charge is 2.44. The largest absolute Gasteiger partial charge is 0.350 e. The van der Waals surface area contributed by atoms with Gasteiger partial charge in [-0.2, -0.15) is 0 Å². The summed E-state index contributed by atoms with van der Waals surface area (Å²) in [5, 5.41) is 6.70. The normalized spacial score (nSPS) is 20.5. The minimum atomic E-state index is -2.95. The molecule has 0 saturated carbocycles. The highest BCUT2D eigenvalue weighted by molar-refractivity contribution is 6.50. The number of nitrogens with zero attached hydrogens (tertiary/aromatic N) is 2. The number of rotatable bonds is 3. The molecule has 6 nitrogen and oxygen atoms in total. The van der Waals surface area contributed by atoms with E-state index >= 15 is 0 Å². The molecular formula is C26H22F2N4O2. The minimum Gasteiger partial charge on any atom is -0.350 e. The van der Waals surface area contributed by atoms with Crippen LogP contribution in [0.25, 0.3) is 33.0 Å². The van der Waals surface area contributed by atoms with Gasteiger partial charge in [0.25, 0.3) is 17.7 Å². The average molecular weight is 460 g/mol. The maximum Gasteiger partial charge on any atom is 0.280 e. The second kappa shape index (κ2) is 7.36. The second-order valence-corrected chi connectivity index (χ2v) is 8.91. The number of amides is 2. The van der Waals surface area contributed by atoms with Crippen LogP contribution in [-0.4, -0.2) is 40.0 Å². The molecule has 1 unspecified atom stereocenters. The Morgan fingerprint density at radius 2 is 1.47 bits per heavy atom. The first-order valence-electron chi connectivity index (χ1n) is 11.2. The van der Waals surface area contributed by atoms with Crippen molar-refractivity contribution < 1.29 is 18.4 Å². The van der Waals surface area contributed by atoms with Crippen LogP contribution in [-0.2, 0) is 16.6 Å². The van der Waals surface area contributed by atoms with Gasteiger partial charge in [0, 0.05) is 52.4 Å². The number of aryl methyl sites for hydroxylation is 1. The number of para-hydroxylation sites is 2. The maximum atomic E-state index is 14.9. The first-order valence-corrected chi connectivity index (χ1v) is 11.2. The number of alkyl halides is 2. The summed E-state index contributed by atoms with van der Waals surface area (Å²) in [6, 6.07) is 13.8. The lowest BCUT2D eigenvalue weighted by molar-refractivity contribution is -0.122. The fourth-order valence-corrected chi connectivity index (χ4v) is 5.34. The van der Waals surface area contributed by atoms with E-state index in [2.05, 4.69) is 10.6 Å². The topological polar surface area (TPSA) is 68.1 Å². The van der Waals surface area contributed by atoms with Crippen molar-refractivity contribution in [2.45, 2.75) is 18.4 Å². The summed E-state index contributed by atoms with van der Waals surface area (Å²) in [5.74, 6) is -3.95. The lowest BCUT2D eigenvalue weighted by atomic mass is 9.95. The molecule has 0 aliphatic carbocycles. The van der Waals surface area contributed by atoms with Gasteiger partial charge in [-0.1, -0.05) is 36.4 Å². The van der Waals surface area contributed by atoms with Crippen molar-refractivity contribution in [2.75, 3.05) is 13.1 Å². The van der Waals surface area contributed by atoms with Crippen LogP contribution >= 0.6 is 0 Å². The van der Waals surface area contributed by atoms with Gasteiger partial charge < -0.3 is 14.5 Å². The lowest BCUT2D eigenvalue weighted by Gasteiger charge is -2.33. The van der Waals surface area contributed by atoms with Gasteiger partial charge in [0.05, 0.1) is 23.7 Å². The fraction of sp³-hybridized carbons (Fsp3) is 0.231. The molecule has 172 valence electrons. The predicted molar refractivity (Wildman–Crippen MR) is 126 cm³/mol. The standard InChI is InChI=1S/C26H22F2N4O2/c1-31-12-17(15-6-2-4-8-19(15)31)22-23(25(34)30-24(22)33)18-13-32(20-9-5-3-7-16(18)20)21-10-11-29-14-26(21,27)28/h2-9,12-13,21,29H,10-11,14H2,1H3,(H,30,33,34). The first kappa shape index (κ1) is 20.8. The highest BCUT2D eigenvalue weighted by Crippen LogP contribution is 2.42. The van der Waals surface area contributed by atoms with Crippen molar-refractivity contribution in [3.63, 3.8) is 0 Å². The van der Waals surface area contributed by atoms with E-state index in [4.69, 9.17) is 0 Å². The highest BCUT2D eigenvalue weighted by atomic mass is 19.3. The van der Waals surface area contributed by atoms with E-state index in [1.54, 1.807) is 22.9 Å². The molecular weight excluding hydrogens is 438 g/mol. The Kier molecular flexibility index (Phi) is 4.50. The molecule has 2 N–H and O–H groups in total. The Labute approximate surface area is 193 Å².